The maximum absolute atomic E-state index is 12.1. The van der Waals surface area contributed by atoms with Gasteiger partial charge >= 0.3 is 5.97 Å². The maximum Gasteiger partial charge on any atom is 0.358 e. The van der Waals surface area contributed by atoms with E-state index in [2.05, 4.69) is 10.3 Å². The van der Waals surface area contributed by atoms with Crippen LogP contribution < -0.4 is 10.1 Å². The van der Waals surface area contributed by atoms with Crippen LogP contribution in [-0.2, 0) is 16.0 Å². The molecule has 1 N–H and O–H groups in total. The molecule has 0 saturated carbocycles. The van der Waals surface area contributed by atoms with E-state index in [0.717, 1.165) is 17.7 Å². The number of ether oxygens (including phenoxy) is 2. The predicted molar refractivity (Wildman–Crippen MR) is 105 cm³/mol. The van der Waals surface area contributed by atoms with Crippen LogP contribution in [0.25, 0.3) is 10.6 Å². The van der Waals surface area contributed by atoms with Crippen molar-refractivity contribution in [3.8, 4) is 16.3 Å². The van der Waals surface area contributed by atoms with Gasteiger partial charge in [-0.05, 0) is 42.1 Å². The molecule has 8 heteroatoms. The van der Waals surface area contributed by atoms with E-state index in [9.17, 15) is 9.59 Å². The second-order valence-corrected chi connectivity index (χ2v) is 7.41. The fraction of sp³-hybridized carbons (Fsp3) is 0.211. The quantitative estimate of drug-likeness (QED) is 0.585. The van der Waals surface area contributed by atoms with Crippen LogP contribution in [0.3, 0.4) is 0 Å². The summed E-state index contributed by atoms with van der Waals surface area (Å²) in [6, 6.07) is 11.4. The average Bonchev–Trinajstić information content (AvgIpc) is 3.38. The molecular weight excluding hydrogens is 384 g/mol. The van der Waals surface area contributed by atoms with Gasteiger partial charge in [-0.1, -0.05) is 6.07 Å². The standard InChI is InChI=1S/C19H18N2O4S2/c1-24-14-6-4-13(5-7-14)18-21-16(12-27-18)19(23)25-11-17(22)20-9-8-15-3-2-10-26-15/h2-7,10,12H,8-9,11H2,1H3,(H,20,22). The summed E-state index contributed by atoms with van der Waals surface area (Å²) in [4.78, 5) is 29.3. The van der Waals surface area contributed by atoms with E-state index in [-0.39, 0.29) is 18.2 Å². The molecule has 0 spiro atoms. The van der Waals surface area contributed by atoms with Gasteiger partial charge in [-0.3, -0.25) is 4.79 Å². The van der Waals surface area contributed by atoms with E-state index in [1.165, 1.54) is 16.2 Å². The molecule has 0 aliphatic heterocycles. The van der Waals surface area contributed by atoms with Gasteiger partial charge in [0.05, 0.1) is 7.11 Å². The number of rotatable bonds is 8. The summed E-state index contributed by atoms with van der Waals surface area (Å²) in [5.41, 5.74) is 1.07. The van der Waals surface area contributed by atoms with Crippen LogP contribution in [0.2, 0.25) is 0 Å². The van der Waals surface area contributed by atoms with Crippen LogP contribution in [0.1, 0.15) is 15.4 Å². The number of hydrogen-bond acceptors (Lipinski definition) is 7. The number of hydrogen-bond donors (Lipinski definition) is 1. The number of aromatic nitrogens is 1. The second-order valence-electron chi connectivity index (χ2n) is 5.52. The van der Waals surface area contributed by atoms with Crippen LogP contribution in [0.15, 0.2) is 47.2 Å². The maximum atomic E-state index is 12.1. The molecule has 2 heterocycles. The molecule has 0 saturated heterocycles. The lowest BCUT2D eigenvalue weighted by atomic mass is 10.2. The highest BCUT2D eigenvalue weighted by atomic mass is 32.1. The fourth-order valence-electron chi connectivity index (χ4n) is 2.27. The van der Waals surface area contributed by atoms with Crippen LogP contribution in [-0.4, -0.2) is 37.1 Å². The number of carbonyl (C=O) groups excluding carboxylic acids is 2. The van der Waals surface area contributed by atoms with E-state index in [1.54, 1.807) is 23.8 Å². The van der Waals surface area contributed by atoms with Gasteiger partial charge in [0, 0.05) is 22.4 Å². The molecular formula is C19H18N2O4S2. The van der Waals surface area contributed by atoms with Crippen molar-refractivity contribution in [2.45, 2.75) is 6.42 Å². The Bertz CT molecular complexity index is 889. The van der Waals surface area contributed by atoms with Crippen molar-refractivity contribution in [2.75, 3.05) is 20.3 Å². The lowest BCUT2D eigenvalue weighted by molar-refractivity contribution is -0.124. The number of methoxy groups -OCH3 is 1. The Kier molecular flexibility index (Phi) is 6.56. The van der Waals surface area contributed by atoms with Gasteiger partial charge in [-0.15, -0.1) is 22.7 Å². The lowest BCUT2D eigenvalue weighted by Gasteiger charge is -2.05. The molecule has 27 heavy (non-hydrogen) atoms. The summed E-state index contributed by atoms with van der Waals surface area (Å²) in [6.45, 7) is 0.188. The summed E-state index contributed by atoms with van der Waals surface area (Å²) in [5, 5.41) is 7.04. The summed E-state index contributed by atoms with van der Waals surface area (Å²) < 4.78 is 10.2. The minimum atomic E-state index is -0.612. The number of nitrogens with zero attached hydrogens (tertiary/aromatic N) is 1. The molecule has 140 valence electrons. The average molecular weight is 402 g/mol. The van der Waals surface area contributed by atoms with Gasteiger partial charge in [0.15, 0.2) is 12.3 Å². The Balaban J connectivity index is 1.46. The van der Waals surface area contributed by atoms with Crippen LogP contribution >= 0.6 is 22.7 Å². The molecule has 2 aromatic heterocycles. The van der Waals surface area contributed by atoms with E-state index in [0.29, 0.717) is 11.6 Å². The molecule has 0 aliphatic carbocycles. The first kappa shape index (κ1) is 19.1. The van der Waals surface area contributed by atoms with Crippen LogP contribution in [0, 0.1) is 0 Å². The number of esters is 1. The molecule has 6 nitrogen and oxygen atoms in total. The Morgan fingerprint density at radius 2 is 1.96 bits per heavy atom. The van der Waals surface area contributed by atoms with Crippen molar-refractivity contribution in [1.29, 1.82) is 0 Å². The smallest absolute Gasteiger partial charge is 0.358 e. The first-order valence-electron chi connectivity index (χ1n) is 8.22. The zero-order chi connectivity index (χ0) is 19.1. The third-order valence-electron chi connectivity index (χ3n) is 3.66. The summed E-state index contributed by atoms with van der Waals surface area (Å²) in [5.74, 6) is -0.190. The molecule has 1 amide bonds. The van der Waals surface area contributed by atoms with Gasteiger partial charge in [-0.2, -0.15) is 0 Å². The van der Waals surface area contributed by atoms with Crippen LogP contribution in [0.4, 0.5) is 0 Å². The normalized spacial score (nSPS) is 10.4. The minimum absolute atomic E-state index is 0.192. The molecule has 3 aromatic rings. The number of amides is 1. The van der Waals surface area contributed by atoms with Gasteiger partial charge in [0.1, 0.15) is 10.8 Å². The Hall–Kier alpha value is -2.71. The molecule has 1 aromatic carbocycles. The molecule has 0 atom stereocenters. The highest BCUT2D eigenvalue weighted by molar-refractivity contribution is 7.13. The second kappa shape index (κ2) is 9.29. The lowest BCUT2D eigenvalue weighted by Crippen LogP contribution is -2.30. The summed E-state index contributed by atoms with van der Waals surface area (Å²) in [7, 11) is 1.60. The predicted octanol–water partition coefficient (Wildman–Crippen LogP) is 3.40. The number of benzene rings is 1. The third-order valence-corrected chi connectivity index (χ3v) is 5.49. The van der Waals surface area contributed by atoms with Gasteiger partial charge in [0.25, 0.3) is 5.91 Å². The third kappa shape index (κ3) is 5.38. The van der Waals surface area contributed by atoms with E-state index in [4.69, 9.17) is 9.47 Å². The first-order valence-corrected chi connectivity index (χ1v) is 9.98. The SMILES string of the molecule is COc1ccc(-c2nc(C(=O)OCC(=O)NCCc3cccs3)cs2)cc1. The highest BCUT2D eigenvalue weighted by Gasteiger charge is 2.15. The van der Waals surface area contributed by atoms with Crippen molar-refractivity contribution >= 4 is 34.6 Å². The Morgan fingerprint density at radius 3 is 2.67 bits per heavy atom. The van der Waals surface area contributed by atoms with Gasteiger partial charge in [-0.25, -0.2) is 9.78 Å². The largest absolute Gasteiger partial charge is 0.497 e. The molecule has 0 radical (unpaired) electrons. The number of nitrogens with one attached hydrogen (secondary N) is 1. The van der Waals surface area contributed by atoms with Crippen molar-refractivity contribution in [1.82, 2.24) is 10.3 Å². The number of thiophene rings is 1. The Morgan fingerprint density at radius 1 is 1.15 bits per heavy atom. The fourth-order valence-corrected chi connectivity index (χ4v) is 3.77. The monoisotopic (exact) mass is 402 g/mol. The van der Waals surface area contributed by atoms with Crippen molar-refractivity contribution < 1.29 is 19.1 Å². The number of carbonyl (C=O) groups is 2. The first-order chi connectivity index (χ1) is 13.2. The van der Waals surface area contributed by atoms with Gasteiger partial charge in [0.2, 0.25) is 0 Å². The Labute approximate surface area is 164 Å². The van der Waals surface area contributed by atoms with E-state index in [1.807, 2.05) is 41.8 Å². The zero-order valence-electron chi connectivity index (χ0n) is 14.6. The number of thiazole rings is 1. The van der Waals surface area contributed by atoms with Crippen molar-refractivity contribution in [3.63, 3.8) is 0 Å². The minimum Gasteiger partial charge on any atom is -0.497 e. The van der Waals surface area contributed by atoms with Gasteiger partial charge < -0.3 is 14.8 Å². The summed E-state index contributed by atoms with van der Waals surface area (Å²) in [6.07, 6.45) is 0.759. The topological polar surface area (TPSA) is 77.5 Å². The molecule has 0 fully saturated rings. The van der Waals surface area contributed by atoms with Crippen molar-refractivity contribution in [2.24, 2.45) is 0 Å². The molecule has 0 unspecified atom stereocenters. The molecule has 0 bridgehead atoms. The molecule has 3 rings (SSSR count). The van der Waals surface area contributed by atoms with Crippen LogP contribution in [0.5, 0.6) is 5.75 Å². The van der Waals surface area contributed by atoms with E-state index >= 15 is 0 Å². The molecule has 0 aliphatic rings. The van der Waals surface area contributed by atoms with Crippen molar-refractivity contribution in [3.05, 3.63) is 57.7 Å². The zero-order valence-corrected chi connectivity index (χ0v) is 16.3. The summed E-state index contributed by atoms with van der Waals surface area (Å²) >= 11 is 2.98. The van der Waals surface area contributed by atoms with E-state index < -0.39 is 5.97 Å². The highest BCUT2D eigenvalue weighted by Crippen LogP contribution is 2.25.